The first kappa shape index (κ1) is 23.9. The molecule has 0 fully saturated rings. The molecule has 3 aromatic rings. The van der Waals surface area contributed by atoms with E-state index in [4.69, 9.17) is 0 Å². The number of rotatable bonds is 5. The number of nitrogens with zero attached hydrogens (tertiary/aromatic N) is 4. The minimum Gasteiger partial charge on any atom is -0.494 e. The third-order valence-corrected chi connectivity index (χ3v) is 6.61. The summed E-state index contributed by atoms with van der Waals surface area (Å²) in [7, 11) is 2.71. The van der Waals surface area contributed by atoms with Gasteiger partial charge in [-0.15, -0.1) is 0 Å². The van der Waals surface area contributed by atoms with Gasteiger partial charge in [0.2, 0.25) is 11.6 Å². The number of hydrogen-bond donors (Lipinski definition) is 2. The SMILES string of the molecule is Cn1c(O)c(C=CC=C(C#N)c2cc[n+]3c(c2)C(C)(C)c2cc(CCO)ccc2-3)c(=O)n(C)c1=O. The Kier molecular flexibility index (Phi) is 6.05. The van der Waals surface area contributed by atoms with Crippen LogP contribution in [0.5, 0.6) is 5.88 Å². The highest BCUT2D eigenvalue weighted by molar-refractivity contribution is 5.79. The van der Waals surface area contributed by atoms with E-state index in [1.807, 2.05) is 24.4 Å². The Bertz CT molecular complexity index is 1570. The highest BCUT2D eigenvalue weighted by Crippen LogP contribution is 2.39. The van der Waals surface area contributed by atoms with Gasteiger partial charge in [-0.05, 0) is 44.1 Å². The van der Waals surface area contributed by atoms with Gasteiger partial charge in [0, 0.05) is 50.0 Å². The maximum atomic E-state index is 12.4. The molecule has 0 amide bonds. The maximum absolute atomic E-state index is 12.4. The molecule has 0 saturated heterocycles. The highest BCUT2D eigenvalue weighted by atomic mass is 16.3. The number of aliphatic hydroxyl groups is 1. The van der Waals surface area contributed by atoms with E-state index in [9.17, 15) is 25.1 Å². The number of allylic oxidation sites excluding steroid dienone is 3. The van der Waals surface area contributed by atoms with E-state index in [2.05, 4.69) is 36.6 Å². The third-order valence-electron chi connectivity index (χ3n) is 6.61. The van der Waals surface area contributed by atoms with Gasteiger partial charge in [-0.1, -0.05) is 12.1 Å². The van der Waals surface area contributed by atoms with Crippen molar-refractivity contribution in [3.8, 4) is 17.6 Å². The van der Waals surface area contributed by atoms with Crippen molar-refractivity contribution in [1.29, 1.82) is 5.26 Å². The van der Waals surface area contributed by atoms with Crippen molar-refractivity contribution < 1.29 is 14.8 Å². The van der Waals surface area contributed by atoms with E-state index in [0.717, 1.165) is 37.2 Å². The number of fused-ring (bicyclic) bond motifs is 3. The molecule has 8 heteroatoms. The van der Waals surface area contributed by atoms with Crippen LogP contribution in [0.15, 0.2) is 58.3 Å². The molecule has 4 rings (SSSR count). The average Bonchev–Trinajstić information content (AvgIpc) is 3.07. The second-order valence-electron chi connectivity index (χ2n) is 9.12. The fourth-order valence-corrected chi connectivity index (χ4v) is 4.52. The Morgan fingerprint density at radius 2 is 1.91 bits per heavy atom. The van der Waals surface area contributed by atoms with Crippen LogP contribution in [-0.2, 0) is 25.9 Å². The number of aliphatic hydroxyl groups excluding tert-OH is 1. The summed E-state index contributed by atoms with van der Waals surface area (Å²) >= 11 is 0. The number of aromatic nitrogens is 3. The summed E-state index contributed by atoms with van der Waals surface area (Å²) < 4.78 is 4.01. The number of nitriles is 1. The first-order chi connectivity index (χ1) is 16.6. The first-order valence-corrected chi connectivity index (χ1v) is 11.2. The van der Waals surface area contributed by atoms with Crippen molar-refractivity contribution in [2.45, 2.75) is 25.7 Å². The second-order valence-corrected chi connectivity index (χ2v) is 9.12. The van der Waals surface area contributed by atoms with Gasteiger partial charge in [-0.2, -0.15) is 9.83 Å². The quantitative estimate of drug-likeness (QED) is 0.335. The molecule has 0 aliphatic carbocycles. The molecule has 35 heavy (non-hydrogen) atoms. The highest BCUT2D eigenvalue weighted by Gasteiger charge is 2.43. The maximum Gasteiger partial charge on any atom is 0.333 e. The van der Waals surface area contributed by atoms with Gasteiger partial charge < -0.3 is 10.2 Å². The van der Waals surface area contributed by atoms with Crippen molar-refractivity contribution in [3.63, 3.8) is 0 Å². The average molecular weight is 472 g/mol. The summed E-state index contributed by atoms with van der Waals surface area (Å²) in [5.41, 5.74) is 3.84. The van der Waals surface area contributed by atoms with Crippen molar-refractivity contribution in [1.82, 2.24) is 9.13 Å². The largest absolute Gasteiger partial charge is 0.494 e. The van der Waals surface area contributed by atoms with Gasteiger partial charge >= 0.3 is 5.69 Å². The van der Waals surface area contributed by atoms with Gasteiger partial charge in [-0.3, -0.25) is 13.9 Å². The van der Waals surface area contributed by atoms with Crippen molar-refractivity contribution in [2.75, 3.05) is 6.61 Å². The molecule has 0 atom stereocenters. The lowest BCUT2D eigenvalue weighted by Crippen LogP contribution is -2.37. The van der Waals surface area contributed by atoms with E-state index < -0.39 is 17.1 Å². The van der Waals surface area contributed by atoms with Crippen molar-refractivity contribution >= 4 is 11.6 Å². The molecule has 1 aliphatic rings. The van der Waals surface area contributed by atoms with Crippen LogP contribution in [0.1, 0.15) is 41.8 Å². The van der Waals surface area contributed by atoms with E-state index in [1.165, 1.54) is 26.2 Å². The van der Waals surface area contributed by atoms with Crippen LogP contribution >= 0.6 is 0 Å². The third kappa shape index (κ3) is 3.90. The Balaban J connectivity index is 1.73. The standard InChI is InChI=1S/C27H26N4O4/c1-27(2)21-14-17(11-13-32)8-9-22(21)31-12-10-18(15-23(27)31)19(16-28)6-5-7-20-24(33)29(3)26(35)30(4)25(20)34/h5-10,12,14-15,32H,11,13H2,1-4H3/p+1. The minimum atomic E-state index is -0.624. The van der Waals surface area contributed by atoms with Crippen LogP contribution < -0.4 is 15.8 Å². The fraction of sp³-hybridized carbons (Fsp3) is 0.259. The molecule has 0 radical (unpaired) electrons. The Morgan fingerprint density at radius 3 is 2.60 bits per heavy atom. The summed E-state index contributed by atoms with van der Waals surface area (Å²) in [6, 6.07) is 12.3. The molecule has 1 aliphatic heterocycles. The predicted molar refractivity (Wildman–Crippen MR) is 132 cm³/mol. The normalized spacial score (nSPS) is 14.1. The lowest BCUT2D eigenvalue weighted by Gasteiger charge is -2.15. The summed E-state index contributed by atoms with van der Waals surface area (Å²) in [5, 5.41) is 29.4. The molecule has 0 bridgehead atoms. The number of hydrogen-bond acceptors (Lipinski definition) is 5. The van der Waals surface area contributed by atoms with Crippen LogP contribution in [0.4, 0.5) is 0 Å². The topological polar surface area (TPSA) is 112 Å². The lowest BCUT2D eigenvalue weighted by molar-refractivity contribution is -0.599. The van der Waals surface area contributed by atoms with Gasteiger partial charge in [0.15, 0.2) is 11.9 Å². The summed E-state index contributed by atoms with van der Waals surface area (Å²) in [5.74, 6) is -0.435. The monoisotopic (exact) mass is 471 g/mol. The zero-order valence-corrected chi connectivity index (χ0v) is 20.1. The molecule has 0 saturated carbocycles. The molecule has 2 N–H and O–H groups in total. The van der Waals surface area contributed by atoms with Crippen molar-refractivity contribution in [2.24, 2.45) is 14.1 Å². The van der Waals surface area contributed by atoms with Gasteiger partial charge in [0.05, 0.1) is 17.1 Å². The Morgan fingerprint density at radius 1 is 1.17 bits per heavy atom. The summed E-state index contributed by atoms with van der Waals surface area (Å²) in [6.07, 6.45) is 7.01. The van der Waals surface area contributed by atoms with E-state index in [-0.39, 0.29) is 17.6 Å². The van der Waals surface area contributed by atoms with Crippen molar-refractivity contribution in [3.05, 3.63) is 97.5 Å². The van der Waals surface area contributed by atoms with Crippen LogP contribution in [0.3, 0.4) is 0 Å². The molecule has 0 spiro atoms. The zero-order chi connectivity index (χ0) is 25.5. The molecule has 3 heterocycles. The molecular weight excluding hydrogens is 444 g/mol. The molecule has 8 nitrogen and oxygen atoms in total. The number of pyridine rings is 1. The van der Waals surface area contributed by atoms with E-state index in [1.54, 1.807) is 6.08 Å². The molecule has 178 valence electrons. The van der Waals surface area contributed by atoms with Crippen LogP contribution in [0.25, 0.3) is 17.3 Å². The van der Waals surface area contributed by atoms with Crippen LogP contribution in [0.2, 0.25) is 0 Å². The van der Waals surface area contributed by atoms with Crippen LogP contribution in [0, 0.1) is 11.3 Å². The fourth-order valence-electron chi connectivity index (χ4n) is 4.52. The summed E-state index contributed by atoms with van der Waals surface area (Å²) in [6.45, 7) is 4.35. The van der Waals surface area contributed by atoms with Crippen LogP contribution in [-0.4, -0.2) is 26.0 Å². The van der Waals surface area contributed by atoms with Gasteiger partial charge in [-0.25, -0.2) is 4.79 Å². The van der Waals surface area contributed by atoms with E-state index in [0.29, 0.717) is 12.0 Å². The predicted octanol–water partition coefficient (Wildman–Crippen LogP) is 1.86. The summed E-state index contributed by atoms with van der Waals surface area (Å²) in [4.78, 5) is 24.3. The molecule has 1 aromatic carbocycles. The smallest absolute Gasteiger partial charge is 0.333 e. The van der Waals surface area contributed by atoms with Gasteiger partial charge in [0.25, 0.3) is 5.56 Å². The number of benzene rings is 1. The molecule has 2 aromatic heterocycles. The Hall–Kier alpha value is -4.22. The lowest BCUT2D eigenvalue weighted by atomic mass is 9.82. The zero-order valence-electron chi connectivity index (χ0n) is 20.1. The second kappa shape index (κ2) is 8.85. The molecular formula is C27H27N4O4+. The first-order valence-electron chi connectivity index (χ1n) is 11.2. The molecule has 0 unspecified atom stereocenters. The number of aromatic hydroxyl groups is 1. The Labute approximate surface area is 202 Å². The minimum absolute atomic E-state index is 0.0390. The van der Waals surface area contributed by atoms with Gasteiger partial charge in [0.1, 0.15) is 5.56 Å². The van der Waals surface area contributed by atoms with E-state index >= 15 is 0 Å².